The van der Waals surface area contributed by atoms with Crippen molar-refractivity contribution in [1.82, 2.24) is 10.6 Å². The lowest BCUT2D eigenvalue weighted by Crippen LogP contribution is -2.38. The normalized spacial score (nSPS) is 16.3. The maximum Gasteiger partial charge on any atom is 0.191 e. The summed E-state index contributed by atoms with van der Waals surface area (Å²) in [6.45, 7) is 8.82. The molecule has 1 saturated carbocycles. The smallest absolute Gasteiger partial charge is 0.191 e. The molecular formula is C18H31N3OS. The molecule has 0 aromatic carbocycles. The highest BCUT2D eigenvalue weighted by Gasteiger charge is 2.20. The summed E-state index contributed by atoms with van der Waals surface area (Å²) in [6.07, 6.45) is 4.86. The third-order valence-corrected chi connectivity index (χ3v) is 4.74. The van der Waals surface area contributed by atoms with Crippen LogP contribution in [-0.4, -0.2) is 38.8 Å². The van der Waals surface area contributed by atoms with Crippen LogP contribution in [0.25, 0.3) is 0 Å². The number of ether oxygens (including phenoxy) is 1. The van der Waals surface area contributed by atoms with Crippen molar-refractivity contribution >= 4 is 17.3 Å². The molecule has 1 unspecified atom stereocenters. The maximum atomic E-state index is 5.66. The summed E-state index contributed by atoms with van der Waals surface area (Å²) >= 11 is 1.83. The quantitative estimate of drug-likeness (QED) is 0.370. The Labute approximate surface area is 144 Å². The molecule has 1 aromatic rings. The Morgan fingerprint density at radius 2 is 2.30 bits per heavy atom. The number of rotatable bonds is 11. The second kappa shape index (κ2) is 10.7. The van der Waals surface area contributed by atoms with E-state index in [1.165, 1.54) is 17.7 Å². The van der Waals surface area contributed by atoms with Gasteiger partial charge in [0.1, 0.15) is 0 Å². The number of aliphatic imine (C=N–C) groups is 1. The predicted octanol–water partition coefficient (Wildman–Crippen LogP) is 3.30. The third-order valence-electron chi connectivity index (χ3n) is 3.84. The molecule has 0 bridgehead atoms. The lowest BCUT2D eigenvalue weighted by Gasteiger charge is -2.13. The molecule has 5 heteroatoms. The van der Waals surface area contributed by atoms with Crippen LogP contribution in [-0.2, 0) is 11.2 Å². The number of thiophene rings is 1. The van der Waals surface area contributed by atoms with Gasteiger partial charge < -0.3 is 15.4 Å². The number of guanidine groups is 1. The third kappa shape index (κ3) is 8.37. The monoisotopic (exact) mass is 337 g/mol. The van der Waals surface area contributed by atoms with Gasteiger partial charge in [-0.15, -0.1) is 11.3 Å². The topological polar surface area (TPSA) is 45.7 Å². The van der Waals surface area contributed by atoms with E-state index in [2.05, 4.69) is 42.0 Å². The number of nitrogens with zero attached hydrogens (tertiary/aromatic N) is 1. The van der Waals surface area contributed by atoms with Crippen LogP contribution in [0.15, 0.2) is 22.5 Å². The fourth-order valence-corrected chi connectivity index (χ4v) is 3.21. The van der Waals surface area contributed by atoms with Gasteiger partial charge in [0.05, 0.1) is 0 Å². The first kappa shape index (κ1) is 18.3. The summed E-state index contributed by atoms with van der Waals surface area (Å²) in [5, 5.41) is 8.86. The summed E-state index contributed by atoms with van der Waals surface area (Å²) in [5.41, 5.74) is 0. The average molecular weight is 338 g/mol. The second-order valence-corrected chi connectivity index (χ2v) is 7.44. The van der Waals surface area contributed by atoms with Gasteiger partial charge >= 0.3 is 0 Å². The van der Waals surface area contributed by atoms with Crippen LogP contribution in [0.1, 0.15) is 38.0 Å². The first-order valence-electron chi connectivity index (χ1n) is 8.90. The van der Waals surface area contributed by atoms with E-state index in [4.69, 9.17) is 9.73 Å². The molecule has 1 heterocycles. The Balaban J connectivity index is 1.60. The van der Waals surface area contributed by atoms with Crippen molar-refractivity contribution in [2.75, 3.05) is 32.8 Å². The lowest BCUT2D eigenvalue weighted by atomic mass is 10.1. The molecule has 1 fully saturated rings. The molecule has 1 atom stereocenters. The zero-order valence-corrected chi connectivity index (χ0v) is 15.3. The van der Waals surface area contributed by atoms with Gasteiger partial charge in [0.25, 0.3) is 0 Å². The minimum atomic E-state index is 0.561. The largest absolute Gasteiger partial charge is 0.381 e. The molecule has 1 aromatic heterocycles. The number of hydrogen-bond donors (Lipinski definition) is 2. The van der Waals surface area contributed by atoms with Crippen molar-refractivity contribution in [1.29, 1.82) is 0 Å². The second-order valence-electron chi connectivity index (χ2n) is 6.41. The van der Waals surface area contributed by atoms with Gasteiger partial charge in [0.15, 0.2) is 5.96 Å². The van der Waals surface area contributed by atoms with E-state index in [0.717, 1.165) is 57.6 Å². The molecule has 130 valence electrons. The van der Waals surface area contributed by atoms with Crippen molar-refractivity contribution in [3.63, 3.8) is 0 Å². The molecule has 1 aliphatic rings. The molecule has 0 amide bonds. The van der Waals surface area contributed by atoms with Crippen molar-refractivity contribution < 1.29 is 4.74 Å². The fourth-order valence-electron chi connectivity index (χ4n) is 2.34. The van der Waals surface area contributed by atoms with Gasteiger partial charge in [-0.2, -0.15) is 0 Å². The molecular weight excluding hydrogens is 306 g/mol. The first-order valence-corrected chi connectivity index (χ1v) is 9.78. The van der Waals surface area contributed by atoms with Crippen LogP contribution in [0.2, 0.25) is 0 Å². The Morgan fingerprint density at radius 1 is 1.43 bits per heavy atom. The summed E-state index contributed by atoms with van der Waals surface area (Å²) in [6, 6.07) is 4.32. The summed E-state index contributed by atoms with van der Waals surface area (Å²) < 4.78 is 5.66. The number of hydrogen-bond acceptors (Lipinski definition) is 3. The molecule has 0 radical (unpaired) electrons. The Kier molecular flexibility index (Phi) is 8.47. The number of nitrogens with one attached hydrogen (secondary N) is 2. The van der Waals surface area contributed by atoms with E-state index in [0.29, 0.717) is 5.92 Å². The molecule has 23 heavy (non-hydrogen) atoms. The molecule has 1 aliphatic carbocycles. The molecule has 0 spiro atoms. The summed E-state index contributed by atoms with van der Waals surface area (Å²) in [4.78, 5) is 6.15. The van der Waals surface area contributed by atoms with Crippen LogP contribution in [0, 0.1) is 11.8 Å². The zero-order valence-electron chi connectivity index (χ0n) is 14.5. The fraction of sp³-hybridized carbons (Fsp3) is 0.722. The van der Waals surface area contributed by atoms with E-state index in [9.17, 15) is 0 Å². The van der Waals surface area contributed by atoms with E-state index in [1.54, 1.807) is 0 Å². The Hall–Kier alpha value is -1.07. The summed E-state index contributed by atoms with van der Waals surface area (Å²) in [7, 11) is 0. The standard InChI is InChI=1S/C18H31N3OS/c1-3-19-18(20-9-5-10-22-14-16-7-8-16)21-13-15(2)12-17-6-4-11-23-17/h4,6,11,15-16H,3,5,7-10,12-14H2,1-2H3,(H2,19,20,21). The maximum absolute atomic E-state index is 5.66. The van der Waals surface area contributed by atoms with Crippen molar-refractivity contribution in [2.45, 2.75) is 39.5 Å². The van der Waals surface area contributed by atoms with Crippen LogP contribution in [0.5, 0.6) is 0 Å². The van der Waals surface area contributed by atoms with Crippen LogP contribution in [0.3, 0.4) is 0 Å². The molecule has 0 saturated heterocycles. The SMILES string of the molecule is CCNC(=NCC(C)Cc1cccs1)NCCCOCC1CC1. The lowest BCUT2D eigenvalue weighted by molar-refractivity contribution is 0.123. The highest BCUT2D eigenvalue weighted by molar-refractivity contribution is 7.09. The van der Waals surface area contributed by atoms with Gasteiger partial charge in [-0.1, -0.05) is 13.0 Å². The van der Waals surface area contributed by atoms with Gasteiger partial charge in [-0.05, 0) is 55.9 Å². The van der Waals surface area contributed by atoms with Gasteiger partial charge in [0.2, 0.25) is 0 Å². The van der Waals surface area contributed by atoms with Crippen molar-refractivity contribution in [3.8, 4) is 0 Å². The summed E-state index contributed by atoms with van der Waals surface area (Å²) in [5.74, 6) is 2.34. The van der Waals surface area contributed by atoms with Crippen LogP contribution >= 0.6 is 11.3 Å². The van der Waals surface area contributed by atoms with Crippen molar-refractivity contribution in [2.24, 2.45) is 16.8 Å². The van der Waals surface area contributed by atoms with E-state index >= 15 is 0 Å². The van der Waals surface area contributed by atoms with E-state index in [1.807, 2.05) is 11.3 Å². The highest BCUT2D eigenvalue weighted by atomic mass is 32.1. The molecule has 2 N–H and O–H groups in total. The van der Waals surface area contributed by atoms with Gasteiger partial charge in [0, 0.05) is 37.7 Å². The molecule has 4 nitrogen and oxygen atoms in total. The zero-order chi connectivity index (χ0) is 16.3. The minimum Gasteiger partial charge on any atom is -0.381 e. The van der Waals surface area contributed by atoms with Gasteiger partial charge in [-0.3, -0.25) is 4.99 Å². The Morgan fingerprint density at radius 3 is 3.00 bits per heavy atom. The minimum absolute atomic E-state index is 0.561. The first-order chi connectivity index (χ1) is 11.3. The highest BCUT2D eigenvalue weighted by Crippen LogP contribution is 2.28. The van der Waals surface area contributed by atoms with E-state index in [-0.39, 0.29) is 0 Å². The molecule has 2 rings (SSSR count). The van der Waals surface area contributed by atoms with Crippen LogP contribution < -0.4 is 10.6 Å². The van der Waals surface area contributed by atoms with Crippen LogP contribution in [0.4, 0.5) is 0 Å². The molecule has 0 aliphatic heterocycles. The van der Waals surface area contributed by atoms with E-state index < -0.39 is 0 Å². The van der Waals surface area contributed by atoms with Crippen molar-refractivity contribution in [3.05, 3.63) is 22.4 Å². The average Bonchev–Trinajstić information content (AvgIpc) is 3.23. The predicted molar refractivity (Wildman–Crippen MR) is 99.3 cm³/mol. The Bertz CT molecular complexity index is 443. The van der Waals surface area contributed by atoms with Gasteiger partial charge in [-0.25, -0.2) is 0 Å².